The van der Waals surface area contributed by atoms with E-state index in [1.807, 2.05) is 25.6 Å². The molecule has 0 N–H and O–H groups in total. The van der Waals surface area contributed by atoms with E-state index in [0.717, 1.165) is 53.6 Å². The number of pyridine rings is 1. The van der Waals surface area contributed by atoms with E-state index in [1.165, 1.54) is 0 Å². The molecule has 134 valence electrons. The van der Waals surface area contributed by atoms with Crippen LogP contribution in [0.3, 0.4) is 0 Å². The Bertz CT molecular complexity index is 940. The van der Waals surface area contributed by atoms with Gasteiger partial charge in [0, 0.05) is 61.5 Å². The van der Waals surface area contributed by atoms with Crippen LogP contribution in [0.1, 0.15) is 19.0 Å². The fraction of sp³-hybridized carbons (Fsp3) is 0.381. The molecule has 1 fully saturated rings. The fourth-order valence-electron chi connectivity index (χ4n) is 3.63. The van der Waals surface area contributed by atoms with E-state index in [9.17, 15) is 4.79 Å². The molecule has 3 heterocycles. The van der Waals surface area contributed by atoms with Crippen molar-refractivity contribution in [2.45, 2.75) is 19.8 Å². The predicted molar refractivity (Wildman–Crippen MR) is 103 cm³/mol. The number of carbonyl (C=O) groups excluding carboxylic acids is 1. The van der Waals surface area contributed by atoms with Crippen LogP contribution < -0.4 is 0 Å². The molecular formula is C21H24N4O. The van der Waals surface area contributed by atoms with Crippen molar-refractivity contribution < 1.29 is 4.79 Å². The van der Waals surface area contributed by atoms with Crippen LogP contribution in [-0.2, 0) is 18.3 Å². The van der Waals surface area contributed by atoms with Crippen LogP contribution in [0, 0.1) is 5.92 Å². The molecule has 0 saturated carbocycles. The molecule has 0 aliphatic carbocycles. The minimum Gasteiger partial charge on any atom is -0.302 e. The number of carbonyl (C=O) groups is 1. The van der Waals surface area contributed by atoms with E-state index in [2.05, 4.69) is 46.2 Å². The van der Waals surface area contributed by atoms with Gasteiger partial charge in [0.05, 0.1) is 6.20 Å². The van der Waals surface area contributed by atoms with Crippen molar-refractivity contribution >= 4 is 16.6 Å². The summed E-state index contributed by atoms with van der Waals surface area (Å²) in [6.45, 7) is 5.08. The summed E-state index contributed by atoms with van der Waals surface area (Å²) in [5.74, 6) is 0.494. The Morgan fingerprint density at radius 1 is 1.15 bits per heavy atom. The number of likely N-dealkylation sites (tertiary alicyclic amines) is 1. The van der Waals surface area contributed by atoms with Crippen molar-refractivity contribution in [2.75, 3.05) is 19.6 Å². The van der Waals surface area contributed by atoms with Crippen molar-refractivity contribution in [1.29, 1.82) is 0 Å². The third-order valence-corrected chi connectivity index (χ3v) is 5.12. The highest BCUT2D eigenvalue weighted by Gasteiger charge is 2.31. The van der Waals surface area contributed by atoms with Crippen molar-refractivity contribution in [2.24, 2.45) is 13.0 Å². The Balaban J connectivity index is 1.50. The number of fused-ring (bicyclic) bond motifs is 1. The molecule has 0 spiro atoms. The normalized spacial score (nSPS) is 15.3. The number of rotatable bonds is 6. The Hall–Kier alpha value is -2.53. The molecule has 4 rings (SSSR count). The highest BCUT2D eigenvalue weighted by atomic mass is 16.1. The van der Waals surface area contributed by atoms with Gasteiger partial charge in [-0.05, 0) is 36.0 Å². The van der Waals surface area contributed by atoms with Gasteiger partial charge in [0.15, 0.2) is 0 Å². The van der Waals surface area contributed by atoms with Gasteiger partial charge in [0.25, 0.3) is 0 Å². The Labute approximate surface area is 153 Å². The van der Waals surface area contributed by atoms with Gasteiger partial charge in [-0.1, -0.05) is 19.1 Å². The van der Waals surface area contributed by atoms with Crippen molar-refractivity contribution in [3.63, 3.8) is 0 Å². The minimum absolute atomic E-state index is 0.181. The van der Waals surface area contributed by atoms with Crippen LogP contribution >= 0.6 is 0 Å². The van der Waals surface area contributed by atoms with Crippen molar-refractivity contribution in [3.05, 3.63) is 48.5 Å². The number of Topliss-reactive ketones (excluding diaryl/α,β-unsaturated/α-hetero) is 1. The Morgan fingerprint density at radius 3 is 2.73 bits per heavy atom. The molecule has 1 aliphatic rings. The van der Waals surface area contributed by atoms with Crippen LogP contribution in [-0.4, -0.2) is 45.1 Å². The highest BCUT2D eigenvalue weighted by molar-refractivity contribution is 5.89. The monoisotopic (exact) mass is 348 g/mol. The van der Waals surface area contributed by atoms with Crippen molar-refractivity contribution in [1.82, 2.24) is 19.7 Å². The average molecular weight is 348 g/mol. The lowest BCUT2D eigenvalue weighted by atomic mass is 9.92. The first-order valence-electron chi connectivity index (χ1n) is 9.25. The maximum atomic E-state index is 12.5. The lowest BCUT2D eigenvalue weighted by Gasteiger charge is -2.38. The summed E-state index contributed by atoms with van der Waals surface area (Å²) >= 11 is 0. The number of aromatic nitrogens is 3. The van der Waals surface area contributed by atoms with Crippen LogP contribution in [0.2, 0.25) is 0 Å². The molecule has 0 unspecified atom stereocenters. The van der Waals surface area contributed by atoms with Crippen LogP contribution in [0.4, 0.5) is 0 Å². The summed E-state index contributed by atoms with van der Waals surface area (Å²) in [4.78, 5) is 19.3. The SMILES string of the molecule is CCCN1CC(C(=O)Cc2cc3cc(-c4cnn(C)c4)ccc3cn2)C1. The largest absolute Gasteiger partial charge is 0.302 e. The number of benzene rings is 1. The van der Waals surface area contributed by atoms with Gasteiger partial charge < -0.3 is 4.90 Å². The minimum atomic E-state index is 0.181. The smallest absolute Gasteiger partial charge is 0.144 e. The first-order valence-corrected chi connectivity index (χ1v) is 9.25. The lowest BCUT2D eigenvalue weighted by molar-refractivity contribution is -0.127. The number of hydrogen-bond acceptors (Lipinski definition) is 4. The highest BCUT2D eigenvalue weighted by Crippen LogP contribution is 2.25. The molecule has 5 nitrogen and oxygen atoms in total. The third kappa shape index (κ3) is 3.40. The molecule has 2 aromatic heterocycles. The second kappa shape index (κ2) is 7.00. The molecule has 1 aliphatic heterocycles. The molecule has 0 atom stereocenters. The van der Waals surface area contributed by atoms with E-state index in [4.69, 9.17) is 0 Å². The molecule has 26 heavy (non-hydrogen) atoms. The summed E-state index contributed by atoms with van der Waals surface area (Å²) in [7, 11) is 1.92. The molecule has 0 radical (unpaired) electrons. The van der Waals surface area contributed by atoms with E-state index in [1.54, 1.807) is 4.68 Å². The maximum absolute atomic E-state index is 12.5. The van der Waals surface area contributed by atoms with Gasteiger partial charge in [-0.25, -0.2) is 0 Å². The summed E-state index contributed by atoms with van der Waals surface area (Å²) < 4.78 is 1.80. The van der Waals surface area contributed by atoms with Gasteiger partial charge in [-0.2, -0.15) is 5.10 Å². The number of ketones is 1. The first kappa shape index (κ1) is 16.9. The zero-order valence-electron chi connectivity index (χ0n) is 15.4. The first-order chi connectivity index (χ1) is 12.6. The molecule has 1 aromatic carbocycles. The van der Waals surface area contributed by atoms with Gasteiger partial charge in [0.2, 0.25) is 0 Å². The van der Waals surface area contributed by atoms with Crippen molar-refractivity contribution in [3.8, 4) is 11.1 Å². The molecule has 0 bridgehead atoms. The van der Waals surface area contributed by atoms with E-state index >= 15 is 0 Å². The zero-order valence-corrected chi connectivity index (χ0v) is 15.4. The fourth-order valence-corrected chi connectivity index (χ4v) is 3.63. The summed E-state index contributed by atoms with van der Waals surface area (Å²) in [6, 6.07) is 8.36. The zero-order chi connectivity index (χ0) is 18.1. The predicted octanol–water partition coefficient (Wildman–Crippen LogP) is 3.09. The average Bonchev–Trinajstić information content (AvgIpc) is 3.03. The standard InChI is InChI=1S/C21H24N4O/c1-3-6-25-13-19(14-25)21(26)9-20-8-17-7-15(4-5-16(17)10-22-20)18-11-23-24(2)12-18/h4-5,7-8,10-12,19H,3,6,9,13-14H2,1-2H3. The van der Waals surface area contributed by atoms with Crippen LogP contribution in [0.5, 0.6) is 0 Å². The summed E-state index contributed by atoms with van der Waals surface area (Å²) in [5.41, 5.74) is 3.08. The molecule has 0 amide bonds. The molecule has 5 heteroatoms. The van der Waals surface area contributed by atoms with Gasteiger partial charge >= 0.3 is 0 Å². The maximum Gasteiger partial charge on any atom is 0.144 e. The summed E-state index contributed by atoms with van der Waals surface area (Å²) in [6.07, 6.45) is 7.32. The Kier molecular flexibility index (Phi) is 4.55. The van der Waals surface area contributed by atoms with Crippen LogP contribution in [0.15, 0.2) is 42.9 Å². The van der Waals surface area contributed by atoms with E-state index in [-0.39, 0.29) is 5.92 Å². The molecule has 3 aromatic rings. The second-order valence-corrected chi connectivity index (χ2v) is 7.24. The third-order valence-electron chi connectivity index (χ3n) is 5.12. The quantitative estimate of drug-likeness (QED) is 0.687. The van der Waals surface area contributed by atoms with Gasteiger partial charge in [-0.15, -0.1) is 0 Å². The Morgan fingerprint density at radius 2 is 2.00 bits per heavy atom. The van der Waals surface area contributed by atoms with Crippen LogP contribution in [0.25, 0.3) is 21.9 Å². The number of hydrogen-bond donors (Lipinski definition) is 0. The summed E-state index contributed by atoms with van der Waals surface area (Å²) in [5, 5.41) is 6.45. The second-order valence-electron chi connectivity index (χ2n) is 7.24. The van der Waals surface area contributed by atoms with Gasteiger partial charge in [0.1, 0.15) is 5.78 Å². The topological polar surface area (TPSA) is 51.0 Å². The van der Waals surface area contributed by atoms with E-state index < -0.39 is 0 Å². The number of aryl methyl sites for hydroxylation is 1. The molecular weight excluding hydrogens is 324 g/mol. The van der Waals surface area contributed by atoms with Gasteiger partial charge in [-0.3, -0.25) is 14.5 Å². The number of nitrogens with zero attached hydrogens (tertiary/aromatic N) is 4. The lowest BCUT2D eigenvalue weighted by Crippen LogP contribution is -2.50. The molecule has 1 saturated heterocycles. The van der Waals surface area contributed by atoms with E-state index in [0.29, 0.717) is 12.2 Å².